The fourth-order valence-electron chi connectivity index (χ4n) is 1.72. The van der Waals surface area contributed by atoms with E-state index in [9.17, 15) is 4.79 Å². The Morgan fingerprint density at radius 1 is 1.50 bits per heavy atom. The number of halogens is 1. The third kappa shape index (κ3) is 3.06. The second-order valence-corrected chi connectivity index (χ2v) is 5.59. The maximum absolute atomic E-state index is 11.8. The van der Waals surface area contributed by atoms with Gasteiger partial charge in [0.05, 0.1) is 5.52 Å². The number of pyridine rings is 1. The zero-order valence-corrected chi connectivity index (χ0v) is 12.1. The summed E-state index contributed by atoms with van der Waals surface area (Å²) in [4.78, 5) is 15.9. The summed E-state index contributed by atoms with van der Waals surface area (Å²) in [5, 5.41) is 13.4. The number of hydrogen-bond acceptors (Lipinski definition) is 5. The van der Waals surface area contributed by atoms with Gasteiger partial charge in [0, 0.05) is 0 Å². The van der Waals surface area contributed by atoms with Crippen LogP contribution in [0.15, 0.2) is 12.1 Å². The van der Waals surface area contributed by atoms with Gasteiger partial charge in [0.2, 0.25) is 0 Å². The van der Waals surface area contributed by atoms with Gasteiger partial charge in [-0.3, -0.25) is 9.48 Å². The second-order valence-electron chi connectivity index (χ2n) is 5.21. The van der Waals surface area contributed by atoms with E-state index in [2.05, 4.69) is 10.1 Å². The third-order valence-corrected chi connectivity index (χ3v) is 2.58. The fraction of sp³-hybridized carbons (Fsp3) is 0.385. The van der Waals surface area contributed by atoms with Crippen molar-refractivity contribution in [2.45, 2.75) is 32.9 Å². The highest BCUT2D eigenvalue weighted by atomic mass is 35.5. The number of aromatic nitrogens is 3. The molecule has 2 heterocycles. The molecule has 0 radical (unpaired) electrons. The van der Waals surface area contributed by atoms with Gasteiger partial charge in [0.15, 0.2) is 5.69 Å². The van der Waals surface area contributed by atoms with Crippen LogP contribution in [0.4, 0.5) is 0 Å². The Labute approximate surface area is 120 Å². The minimum absolute atomic E-state index is 0.0846. The van der Waals surface area contributed by atoms with Crippen molar-refractivity contribution < 1.29 is 9.53 Å². The molecule has 0 aromatic carbocycles. The maximum Gasteiger partial charge on any atom is 0.328 e. The van der Waals surface area contributed by atoms with Crippen LogP contribution in [-0.2, 0) is 16.1 Å². The summed E-state index contributed by atoms with van der Waals surface area (Å²) in [6.45, 7) is 5.27. The molecule has 6 nitrogen and oxygen atoms in total. The van der Waals surface area contributed by atoms with Crippen LogP contribution in [0.2, 0.25) is 5.15 Å². The molecular weight excluding hydrogens is 280 g/mol. The van der Waals surface area contributed by atoms with Crippen LogP contribution in [-0.4, -0.2) is 26.3 Å². The Kier molecular flexibility index (Phi) is 3.64. The molecule has 0 N–H and O–H groups in total. The molecule has 0 aliphatic carbocycles. The largest absolute Gasteiger partial charge is 0.459 e. The third-order valence-electron chi connectivity index (χ3n) is 2.37. The van der Waals surface area contributed by atoms with Crippen molar-refractivity contribution in [2.75, 3.05) is 0 Å². The van der Waals surface area contributed by atoms with E-state index in [0.29, 0.717) is 11.0 Å². The number of fused-ring (bicyclic) bond motifs is 1. The number of esters is 1. The van der Waals surface area contributed by atoms with Crippen LogP contribution in [0.1, 0.15) is 26.5 Å². The molecule has 0 aliphatic heterocycles. The van der Waals surface area contributed by atoms with Crippen LogP contribution >= 0.6 is 11.6 Å². The second kappa shape index (κ2) is 5.10. The molecular formula is C13H13ClN4O2. The molecule has 0 fully saturated rings. The molecule has 20 heavy (non-hydrogen) atoms. The van der Waals surface area contributed by atoms with E-state index in [1.54, 1.807) is 32.9 Å². The van der Waals surface area contributed by atoms with Gasteiger partial charge in [-0.25, -0.2) is 4.98 Å². The normalized spacial score (nSPS) is 11.3. The van der Waals surface area contributed by atoms with E-state index in [1.165, 1.54) is 4.68 Å². The van der Waals surface area contributed by atoms with Crippen LogP contribution in [0.5, 0.6) is 0 Å². The average molecular weight is 293 g/mol. The lowest BCUT2D eigenvalue weighted by molar-refractivity contribution is -0.155. The number of carbonyl (C=O) groups excluding carboxylic acids is 1. The van der Waals surface area contributed by atoms with Crippen molar-refractivity contribution in [3.05, 3.63) is 23.0 Å². The highest BCUT2D eigenvalue weighted by molar-refractivity contribution is 6.29. The Morgan fingerprint density at radius 3 is 2.80 bits per heavy atom. The van der Waals surface area contributed by atoms with E-state index >= 15 is 0 Å². The Balaban J connectivity index is 2.36. The summed E-state index contributed by atoms with van der Waals surface area (Å²) in [5.41, 5.74) is 0.506. The zero-order valence-electron chi connectivity index (χ0n) is 11.3. The first-order chi connectivity index (χ1) is 9.30. The zero-order chi connectivity index (χ0) is 14.9. The lowest BCUT2D eigenvalue weighted by atomic mass is 10.2. The Morgan fingerprint density at radius 2 is 2.20 bits per heavy atom. The van der Waals surface area contributed by atoms with Crippen molar-refractivity contribution in [2.24, 2.45) is 0 Å². The van der Waals surface area contributed by atoms with Crippen LogP contribution in [0.3, 0.4) is 0 Å². The van der Waals surface area contributed by atoms with Gasteiger partial charge in [0.25, 0.3) is 0 Å². The highest BCUT2D eigenvalue weighted by Gasteiger charge is 2.19. The van der Waals surface area contributed by atoms with Gasteiger partial charge in [-0.15, -0.1) is 0 Å². The molecule has 0 aliphatic rings. The lowest BCUT2D eigenvalue weighted by Gasteiger charge is -2.19. The number of carbonyl (C=O) groups is 1. The summed E-state index contributed by atoms with van der Waals surface area (Å²) in [5.74, 6) is -0.429. The summed E-state index contributed by atoms with van der Waals surface area (Å²) < 4.78 is 6.62. The van der Waals surface area contributed by atoms with Crippen molar-refractivity contribution in [1.29, 1.82) is 5.26 Å². The first-order valence-electron chi connectivity index (χ1n) is 5.95. The minimum Gasteiger partial charge on any atom is -0.459 e. The first-order valence-corrected chi connectivity index (χ1v) is 6.33. The van der Waals surface area contributed by atoms with Crippen molar-refractivity contribution in [1.82, 2.24) is 14.8 Å². The quantitative estimate of drug-likeness (QED) is 0.626. The van der Waals surface area contributed by atoms with Crippen LogP contribution in [0, 0.1) is 11.3 Å². The van der Waals surface area contributed by atoms with E-state index < -0.39 is 11.6 Å². The molecule has 104 valence electrons. The molecule has 2 rings (SSSR count). The van der Waals surface area contributed by atoms with Crippen LogP contribution < -0.4 is 0 Å². The Bertz CT molecular complexity index is 709. The van der Waals surface area contributed by atoms with E-state index in [0.717, 1.165) is 0 Å². The summed E-state index contributed by atoms with van der Waals surface area (Å²) in [6.07, 6.45) is 0. The van der Waals surface area contributed by atoms with Crippen molar-refractivity contribution >= 4 is 28.6 Å². The smallest absolute Gasteiger partial charge is 0.328 e. The van der Waals surface area contributed by atoms with Gasteiger partial charge < -0.3 is 4.74 Å². The molecule has 2 aromatic rings. The van der Waals surface area contributed by atoms with Gasteiger partial charge in [-0.05, 0) is 32.9 Å². The summed E-state index contributed by atoms with van der Waals surface area (Å²) >= 11 is 5.80. The molecule has 0 spiro atoms. The maximum atomic E-state index is 11.8. The topological polar surface area (TPSA) is 80.8 Å². The Hall–Kier alpha value is -2.13. The first kappa shape index (κ1) is 14.3. The lowest BCUT2D eigenvalue weighted by Crippen LogP contribution is -2.26. The standard InChI is InChI=1S/C13H13ClN4O2/c1-13(2,3)20-11(19)7-18-9-4-5-10(14)16-12(9)8(6-15)17-18/h4-5H,7H2,1-3H3. The number of ether oxygens (including phenoxy) is 1. The number of hydrogen-bond donors (Lipinski definition) is 0. The molecule has 0 unspecified atom stereocenters. The van der Waals surface area contributed by atoms with E-state index in [1.807, 2.05) is 6.07 Å². The molecule has 0 saturated carbocycles. The van der Waals surface area contributed by atoms with Gasteiger partial charge in [-0.2, -0.15) is 10.4 Å². The number of rotatable bonds is 2. The molecule has 0 amide bonds. The molecule has 0 atom stereocenters. The number of nitriles is 1. The van der Waals surface area contributed by atoms with Gasteiger partial charge >= 0.3 is 5.97 Å². The minimum atomic E-state index is -0.570. The SMILES string of the molecule is CC(C)(C)OC(=O)Cn1nc(C#N)c2nc(Cl)ccc21. The predicted molar refractivity (Wildman–Crippen MR) is 73.1 cm³/mol. The van der Waals surface area contributed by atoms with Gasteiger partial charge in [0.1, 0.15) is 28.9 Å². The van der Waals surface area contributed by atoms with Gasteiger partial charge in [-0.1, -0.05) is 11.6 Å². The fourth-order valence-corrected chi connectivity index (χ4v) is 1.87. The van der Waals surface area contributed by atoms with Crippen molar-refractivity contribution in [3.63, 3.8) is 0 Å². The average Bonchev–Trinajstić information content (AvgIpc) is 2.64. The molecule has 7 heteroatoms. The van der Waals surface area contributed by atoms with Crippen molar-refractivity contribution in [3.8, 4) is 6.07 Å². The molecule has 0 bridgehead atoms. The molecule has 0 saturated heterocycles. The molecule has 2 aromatic heterocycles. The summed E-state index contributed by atoms with van der Waals surface area (Å²) in [6, 6.07) is 5.19. The van der Waals surface area contributed by atoms with E-state index in [-0.39, 0.29) is 17.4 Å². The highest BCUT2D eigenvalue weighted by Crippen LogP contribution is 2.19. The van der Waals surface area contributed by atoms with Crippen LogP contribution in [0.25, 0.3) is 11.0 Å². The monoisotopic (exact) mass is 292 g/mol. The van der Waals surface area contributed by atoms with E-state index in [4.69, 9.17) is 21.6 Å². The predicted octanol–water partition coefficient (Wildman–Crippen LogP) is 2.30. The summed E-state index contributed by atoms with van der Waals surface area (Å²) in [7, 11) is 0. The number of nitrogens with zero attached hydrogens (tertiary/aromatic N) is 4.